The maximum Gasteiger partial charge on any atom is 0.283 e. The molecule has 2 heterocycles. The molecule has 31 heavy (non-hydrogen) atoms. The average molecular weight is 438 g/mol. The van der Waals surface area contributed by atoms with Crippen LogP contribution in [-0.4, -0.2) is 35.2 Å². The molecular formula is C24H24ClN3O3. The van der Waals surface area contributed by atoms with Crippen molar-refractivity contribution < 1.29 is 14.4 Å². The molecule has 2 aromatic carbocycles. The van der Waals surface area contributed by atoms with Gasteiger partial charge in [0.2, 0.25) is 0 Å². The van der Waals surface area contributed by atoms with Gasteiger partial charge in [-0.2, -0.15) is 0 Å². The van der Waals surface area contributed by atoms with Crippen molar-refractivity contribution in [2.24, 2.45) is 0 Å². The number of nitrogens with zero attached hydrogens (tertiary/aromatic N) is 2. The number of carbonyl (C=O) groups is 3. The van der Waals surface area contributed by atoms with Gasteiger partial charge in [-0.1, -0.05) is 36.7 Å². The maximum absolute atomic E-state index is 12.9. The van der Waals surface area contributed by atoms with E-state index in [9.17, 15) is 14.4 Å². The summed E-state index contributed by atoms with van der Waals surface area (Å²) in [5, 5.41) is 2.79. The molecule has 2 aliphatic heterocycles. The highest BCUT2D eigenvalue weighted by atomic mass is 35.5. The number of nitrogens with one attached hydrogen (secondary N) is 1. The van der Waals surface area contributed by atoms with Crippen molar-refractivity contribution in [2.45, 2.75) is 38.6 Å². The van der Waals surface area contributed by atoms with Crippen LogP contribution in [-0.2, 0) is 9.59 Å². The SMILES string of the molecule is CCC1CCCCN1C(=O)c1ccc(NC2=C(Cl)C(=O)N(c3ccccc3)C2=O)cc1. The zero-order chi connectivity index (χ0) is 22.0. The van der Waals surface area contributed by atoms with Gasteiger partial charge >= 0.3 is 0 Å². The molecule has 6 nitrogen and oxygen atoms in total. The van der Waals surface area contributed by atoms with Crippen LogP contribution in [0.3, 0.4) is 0 Å². The number of anilines is 2. The minimum atomic E-state index is -0.567. The van der Waals surface area contributed by atoms with E-state index in [1.807, 2.05) is 4.90 Å². The van der Waals surface area contributed by atoms with Gasteiger partial charge in [-0.25, -0.2) is 4.90 Å². The van der Waals surface area contributed by atoms with Crippen molar-refractivity contribution in [2.75, 3.05) is 16.8 Å². The summed E-state index contributed by atoms with van der Waals surface area (Å²) in [6, 6.07) is 15.8. The molecule has 160 valence electrons. The van der Waals surface area contributed by atoms with Crippen LogP contribution in [0.4, 0.5) is 11.4 Å². The number of rotatable bonds is 5. The van der Waals surface area contributed by atoms with Crippen LogP contribution in [0.15, 0.2) is 65.3 Å². The molecule has 7 heteroatoms. The summed E-state index contributed by atoms with van der Waals surface area (Å²) >= 11 is 6.18. The summed E-state index contributed by atoms with van der Waals surface area (Å²) in [4.78, 5) is 41.3. The molecule has 0 spiro atoms. The van der Waals surface area contributed by atoms with Gasteiger partial charge in [0, 0.05) is 23.8 Å². The molecule has 2 aromatic rings. The third-order valence-corrected chi connectivity index (χ3v) is 6.15. The molecule has 0 saturated carbocycles. The number of likely N-dealkylation sites (tertiary alicyclic amines) is 1. The van der Waals surface area contributed by atoms with E-state index in [1.165, 1.54) is 0 Å². The summed E-state index contributed by atoms with van der Waals surface area (Å²) in [5.41, 5.74) is 1.66. The number of hydrogen-bond donors (Lipinski definition) is 1. The number of amides is 3. The molecule has 1 fully saturated rings. The minimum Gasteiger partial charge on any atom is -0.350 e. The van der Waals surface area contributed by atoms with E-state index in [-0.39, 0.29) is 22.7 Å². The Morgan fingerprint density at radius 3 is 2.42 bits per heavy atom. The van der Waals surface area contributed by atoms with Crippen LogP contribution >= 0.6 is 11.6 Å². The number of carbonyl (C=O) groups excluding carboxylic acids is 3. The second kappa shape index (κ2) is 8.94. The van der Waals surface area contributed by atoms with Gasteiger partial charge < -0.3 is 10.2 Å². The third kappa shape index (κ3) is 4.08. The average Bonchev–Trinajstić information content (AvgIpc) is 3.02. The molecule has 0 aliphatic carbocycles. The summed E-state index contributed by atoms with van der Waals surface area (Å²) < 4.78 is 0. The first-order valence-corrected chi connectivity index (χ1v) is 10.9. The molecular weight excluding hydrogens is 414 g/mol. The Labute approximate surface area is 186 Å². The van der Waals surface area contributed by atoms with Crippen molar-refractivity contribution in [3.05, 3.63) is 70.9 Å². The van der Waals surface area contributed by atoms with Crippen LogP contribution in [0.1, 0.15) is 43.0 Å². The Kier molecular flexibility index (Phi) is 6.09. The van der Waals surface area contributed by atoms with Gasteiger partial charge in [-0.15, -0.1) is 0 Å². The monoisotopic (exact) mass is 437 g/mol. The van der Waals surface area contributed by atoms with Crippen molar-refractivity contribution in [1.29, 1.82) is 0 Å². The van der Waals surface area contributed by atoms with Gasteiger partial charge in [0.25, 0.3) is 17.7 Å². The van der Waals surface area contributed by atoms with E-state index in [4.69, 9.17) is 11.6 Å². The highest BCUT2D eigenvalue weighted by molar-refractivity contribution is 6.53. The highest BCUT2D eigenvalue weighted by Gasteiger charge is 2.38. The Morgan fingerprint density at radius 2 is 1.74 bits per heavy atom. The molecule has 1 saturated heterocycles. The molecule has 0 bridgehead atoms. The predicted molar refractivity (Wildman–Crippen MR) is 121 cm³/mol. The quantitative estimate of drug-likeness (QED) is 0.698. The van der Waals surface area contributed by atoms with E-state index in [0.29, 0.717) is 16.9 Å². The van der Waals surface area contributed by atoms with Crippen LogP contribution in [0, 0.1) is 0 Å². The molecule has 0 aromatic heterocycles. The normalized spacial score (nSPS) is 19.2. The Hall–Kier alpha value is -3.12. The van der Waals surface area contributed by atoms with Gasteiger partial charge in [0.05, 0.1) is 5.69 Å². The van der Waals surface area contributed by atoms with Gasteiger partial charge in [0.1, 0.15) is 10.7 Å². The zero-order valence-corrected chi connectivity index (χ0v) is 18.1. The lowest BCUT2D eigenvalue weighted by Gasteiger charge is -2.35. The van der Waals surface area contributed by atoms with Crippen molar-refractivity contribution >= 4 is 40.7 Å². The van der Waals surface area contributed by atoms with Crippen molar-refractivity contribution in [1.82, 2.24) is 4.90 Å². The number of imide groups is 1. The van der Waals surface area contributed by atoms with Crippen LogP contribution < -0.4 is 10.2 Å². The number of benzene rings is 2. The second-order valence-corrected chi connectivity index (χ2v) is 8.11. The first-order chi connectivity index (χ1) is 15.0. The standard InChI is InChI=1S/C24H24ClN3O3/c1-2-18-8-6-7-15-27(18)22(29)16-11-13-17(14-12-16)26-21-20(25)23(30)28(24(21)31)19-9-4-3-5-10-19/h3-5,9-14,18,26H,2,6-8,15H2,1H3. The lowest BCUT2D eigenvalue weighted by molar-refractivity contribution is -0.120. The Morgan fingerprint density at radius 1 is 1.03 bits per heavy atom. The molecule has 2 aliphatic rings. The maximum atomic E-state index is 12.9. The first-order valence-electron chi connectivity index (χ1n) is 10.5. The Balaban J connectivity index is 1.49. The third-order valence-electron chi connectivity index (χ3n) is 5.80. The molecule has 4 rings (SSSR count). The van der Waals surface area contributed by atoms with Crippen LogP contribution in [0.5, 0.6) is 0 Å². The lowest BCUT2D eigenvalue weighted by Crippen LogP contribution is -2.43. The second-order valence-electron chi connectivity index (χ2n) is 7.73. The van der Waals surface area contributed by atoms with E-state index >= 15 is 0 Å². The number of hydrogen-bond acceptors (Lipinski definition) is 4. The Bertz CT molecular complexity index is 1030. The molecule has 0 radical (unpaired) electrons. The van der Waals surface area contributed by atoms with E-state index < -0.39 is 11.8 Å². The van der Waals surface area contributed by atoms with Crippen molar-refractivity contribution in [3.63, 3.8) is 0 Å². The van der Waals surface area contributed by atoms with Crippen LogP contribution in [0.2, 0.25) is 0 Å². The topological polar surface area (TPSA) is 69.7 Å². The zero-order valence-electron chi connectivity index (χ0n) is 17.3. The summed E-state index contributed by atoms with van der Waals surface area (Å²) in [6.45, 7) is 2.89. The molecule has 1 unspecified atom stereocenters. The molecule has 3 amide bonds. The van der Waals surface area contributed by atoms with E-state index in [0.717, 1.165) is 37.1 Å². The minimum absolute atomic E-state index is 0.0247. The summed E-state index contributed by atoms with van der Waals surface area (Å²) in [6.07, 6.45) is 4.19. The van der Waals surface area contributed by atoms with Gasteiger partial charge in [-0.3, -0.25) is 14.4 Å². The van der Waals surface area contributed by atoms with Crippen LogP contribution in [0.25, 0.3) is 0 Å². The van der Waals surface area contributed by atoms with E-state index in [2.05, 4.69) is 12.2 Å². The lowest BCUT2D eigenvalue weighted by atomic mass is 9.99. The fourth-order valence-electron chi connectivity index (χ4n) is 4.12. The highest BCUT2D eigenvalue weighted by Crippen LogP contribution is 2.30. The summed E-state index contributed by atoms with van der Waals surface area (Å²) in [7, 11) is 0. The first kappa shape index (κ1) is 21.1. The number of piperidine rings is 1. The summed E-state index contributed by atoms with van der Waals surface area (Å²) in [5.74, 6) is -1.05. The van der Waals surface area contributed by atoms with Gasteiger partial charge in [-0.05, 0) is 62.1 Å². The number of para-hydroxylation sites is 1. The molecule has 1 N–H and O–H groups in total. The van der Waals surface area contributed by atoms with Crippen molar-refractivity contribution in [3.8, 4) is 0 Å². The van der Waals surface area contributed by atoms with E-state index in [1.54, 1.807) is 54.6 Å². The van der Waals surface area contributed by atoms with Gasteiger partial charge in [0.15, 0.2) is 0 Å². The number of halogens is 1. The predicted octanol–water partition coefficient (Wildman–Crippen LogP) is 4.53. The fraction of sp³-hybridized carbons (Fsp3) is 0.292. The largest absolute Gasteiger partial charge is 0.350 e. The molecule has 1 atom stereocenters. The smallest absolute Gasteiger partial charge is 0.283 e. The fourth-order valence-corrected chi connectivity index (χ4v) is 4.33.